The average Bonchev–Trinajstić information content (AvgIpc) is 2.65. The SMILES string of the molecule is CCOC(=O)[C@H]1C[C@H]1C(F)F. The van der Waals surface area contributed by atoms with E-state index in [9.17, 15) is 13.6 Å². The van der Waals surface area contributed by atoms with E-state index < -0.39 is 24.2 Å². The van der Waals surface area contributed by atoms with Crippen LogP contribution in [0.1, 0.15) is 13.3 Å². The number of alkyl halides is 2. The van der Waals surface area contributed by atoms with Crippen LogP contribution in [0.25, 0.3) is 0 Å². The molecule has 0 spiro atoms. The molecule has 1 aliphatic rings. The molecule has 0 amide bonds. The lowest BCUT2D eigenvalue weighted by Gasteiger charge is -1.99. The van der Waals surface area contributed by atoms with Gasteiger partial charge in [-0.1, -0.05) is 0 Å². The zero-order valence-electron chi connectivity index (χ0n) is 6.22. The van der Waals surface area contributed by atoms with Gasteiger partial charge in [0, 0.05) is 5.92 Å². The van der Waals surface area contributed by atoms with E-state index in [-0.39, 0.29) is 13.0 Å². The van der Waals surface area contributed by atoms with E-state index in [1.165, 1.54) is 0 Å². The Morgan fingerprint density at radius 1 is 1.73 bits per heavy atom. The van der Waals surface area contributed by atoms with Gasteiger partial charge >= 0.3 is 5.97 Å². The van der Waals surface area contributed by atoms with Crippen LogP contribution in [0.15, 0.2) is 0 Å². The molecule has 0 unspecified atom stereocenters. The summed E-state index contributed by atoms with van der Waals surface area (Å²) in [6, 6.07) is 0. The van der Waals surface area contributed by atoms with E-state index in [1.54, 1.807) is 6.92 Å². The molecule has 0 radical (unpaired) electrons. The molecule has 0 aromatic rings. The van der Waals surface area contributed by atoms with Crippen LogP contribution >= 0.6 is 0 Å². The Labute approximate surface area is 63.5 Å². The Morgan fingerprint density at radius 2 is 2.36 bits per heavy atom. The summed E-state index contributed by atoms with van der Waals surface area (Å²) < 4.78 is 28.3. The van der Waals surface area contributed by atoms with Crippen molar-refractivity contribution in [2.75, 3.05) is 6.61 Å². The number of carbonyl (C=O) groups is 1. The first-order chi connectivity index (χ1) is 5.16. The van der Waals surface area contributed by atoms with E-state index in [4.69, 9.17) is 0 Å². The van der Waals surface area contributed by atoms with Crippen molar-refractivity contribution in [2.24, 2.45) is 11.8 Å². The fraction of sp³-hybridized carbons (Fsp3) is 0.857. The van der Waals surface area contributed by atoms with Gasteiger partial charge in [-0.05, 0) is 13.3 Å². The van der Waals surface area contributed by atoms with E-state index in [0.717, 1.165) is 0 Å². The maximum absolute atomic E-state index is 11.9. The number of hydrogen-bond donors (Lipinski definition) is 0. The third-order valence-electron chi connectivity index (χ3n) is 1.75. The van der Waals surface area contributed by atoms with Crippen LogP contribution < -0.4 is 0 Å². The van der Waals surface area contributed by atoms with Crippen LogP contribution in [0.2, 0.25) is 0 Å². The summed E-state index contributed by atoms with van der Waals surface area (Å²) in [6.07, 6.45) is -2.08. The lowest BCUT2D eigenvalue weighted by molar-refractivity contribution is -0.145. The fourth-order valence-corrected chi connectivity index (χ4v) is 1.01. The summed E-state index contributed by atoms with van der Waals surface area (Å²) in [4.78, 5) is 10.8. The molecule has 2 atom stereocenters. The predicted molar refractivity (Wildman–Crippen MR) is 34.2 cm³/mol. The van der Waals surface area contributed by atoms with Gasteiger partial charge in [0.1, 0.15) is 0 Å². The standard InChI is InChI=1S/C7H10F2O2/c1-2-11-7(10)5-3-4(5)6(8)9/h4-6H,2-3H2,1H3/t4-,5+/m1/s1. The van der Waals surface area contributed by atoms with Crippen LogP contribution in [0.4, 0.5) is 8.78 Å². The number of halogens is 2. The first-order valence-corrected chi connectivity index (χ1v) is 3.61. The molecule has 0 bridgehead atoms. The molecule has 11 heavy (non-hydrogen) atoms. The van der Waals surface area contributed by atoms with Crippen molar-refractivity contribution in [3.05, 3.63) is 0 Å². The molecule has 1 rings (SSSR count). The Kier molecular flexibility index (Phi) is 2.42. The molecule has 0 aromatic heterocycles. The minimum atomic E-state index is -2.37. The van der Waals surface area contributed by atoms with Gasteiger partial charge < -0.3 is 4.74 Å². The second-order valence-electron chi connectivity index (χ2n) is 2.59. The molecule has 64 valence electrons. The van der Waals surface area contributed by atoms with E-state index in [2.05, 4.69) is 4.74 Å². The van der Waals surface area contributed by atoms with Crippen molar-refractivity contribution in [3.63, 3.8) is 0 Å². The minimum Gasteiger partial charge on any atom is -0.466 e. The smallest absolute Gasteiger partial charge is 0.309 e. The Bertz CT molecular complexity index is 159. The van der Waals surface area contributed by atoms with Crippen LogP contribution in [-0.4, -0.2) is 19.0 Å². The van der Waals surface area contributed by atoms with Gasteiger partial charge in [-0.2, -0.15) is 0 Å². The molecule has 0 N–H and O–H groups in total. The topological polar surface area (TPSA) is 26.3 Å². The molecule has 0 aliphatic heterocycles. The lowest BCUT2D eigenvalue weighted by Crippen LogP contribution is -2.09. The zero-order valence-corrected chi connectivity index (χ0v) is 6.22. The molecule has 0 saturated heterocycles. The Morgan fingerprint density at radius 3 is 2.73 bits per heavy atom. The first kappa shape index (κ1) is 8.43. The van der Waals surface area contributed by atoms with Crippen LogP contribution in [0.3, 0.4) is 0 Å². The summed E-state index contributed by atoms with van der Waals surface area (Å²) in [7, 11) is 0. The summed E-state index contributed by atoms with van der Waals surface area (Å²) in [5, 5.41) is 0. The molecule has 1 saturated carbocycles. The molecule has 1 aliphatic carbocycles. The third kappa shape index (κ3) is 1.88. The summed E-state index contributed by atoms with van der Waals surface area (Å²) in [5.74, 6) is -1.75. The van der Waals surface area contributed by atoms with Crippen molar-refractivity contribution < 1.29 is 18.3 Å². The number of hydrogen-bond acceptors (Lipinski definition) is 2. The van der Waals surface area contributed by atoms with E-state index in [0.29, 0.717) is 0 Å². The molecule has 1 fully saturated rings. The normalized spacial score (nSPS) is 28.7. The van der Waals surface area contributed by atoms with Crippen molar-refractivity contribution in [1.82, 2.24) is 0 Å². The van der Waals surface area contributed by atoms with Gasteiger partial charge in [-0.25, -0.2) is 8.78 Å². The van der Waals surface area contributed by atoms with Crippen LogP contribution in [0.5, 0.6) is 0 Å². The zero-order chi connectivity index (χ0) is 8.43. The maximum Gasteiger partial charge on any atom is 0.309 e. The van der Waals surface area contributed by atoms with E-state index in [1.807, 2.05) is 0 Å². The molecular weight excluding hydrogens is 154 g/mol. The first-order valence-electron chi connectivity index (χ1n) is 3.61. The number of carbonyl (C=O) groups excluding carboxylic acids is 1. The Balaban J connectivity index is 2.26. The van der Waals surface area contributed by atoms with Gasteiger partial charge in [0.2, 0.25) is 6.43 Å². The van der Waals surface area contributed by atoms with Gasteiger partial charge in [0.05, 0.1) is 12.5 Å². The van der Waals surface area contributed by atoms with Crippen LogP contribution in [0, 0.1) is 11.8 Å². The van der Waals surface area contributed by atoms with Crippen molar-refractivity contribution in [2.45, 2.75) is 19.8 Å². The highest BCUT2D eigenvalue weighted by atomic mass is 19.3. The van der Waals surface area contributed by atoms with Crippen molar-refractivity contribution in [1.29, 1.82) is 0 Å². The summed E-state index contributed by atoms with van der Waals surface area (Å²) in [6.45, 7) is 1.93. The summed E-state index contributed by atoms with van der Waals surface area (Å²) in [5.41, 5.74) is 0. The maximum atomic E-state index is 11.9. The molecule has 2 nitrogen and oxygen atoms in total. The quantitative estimate of drug-likeness (QED) is 0.590. The number of ether oxygens (including phenoxy) is 1. The third-order valence-corrected chi connectivity index (χ3v) is 1.75. The van der Waals surface area contributed by atoms with Gasteiger partial charge in [-0.15, -0.1) is 0 Å². The number of esters is 1. The highest BCUT2D eigenvalue weighted by molar-refractivity contribution is 5.75. The highest BCUT2D eigenvalue weighted by Crippen LogP contribution is 2.43. The van der Waals surface area contributed by atoms with Gasteiger partial charge in [0.15, 0.2) is 0 Å². The summed E-state index contributed by atoms with van der Waals surface area (Å²) >= 11 is 0. The van der Waals surface area contributed by atoms with Crippen LogP contribution in [-0.2, 0) is 9.53 Å². The minimum absolute atomic E-state index is 0.269. The second-order valence-corrected chi connectivity index (χ2v) is 2.59. The average molecular weight is 164 g/mol. The fourth-order valence-electron chi connectivity index (χ4n) is 1.01. The lowest BCUT2D eigenvalue weighted by atomic mass is 10.3. The largest absolute Gasteiger partial charge is 0.466 e. The molecule has 0 aromatic carbocycles. The van der Waals surface area contributed by atoms with E-state index >= 15 is 0 Å². The number of rotatable bonds is 3. The van der Waals surface area contributed by atoms with Crippen molar-refractivity contribution in [3.8, 4) is 0 Å². The Hall–Kier alpha value is -0.670. The van der Waals surface area contributed by atoms with Gasteiger partial charge in [0.25, 0.3) is 0 Å². The predicted octanol–water partition coefficient (Wildman–Crippen LogP) is 1.45. The highest BCUT2D eigenvalue weighted by Gasteiger charge is 2.49. The van der Waals surface area contributed by atoms with Crippen molar-refractivity contribution >= 4 is 5.97 Å². The monoisotopic (exact) mass is 164 g/mol. The molecule has 4 heteroatoms. The second kappa shape index (κ2) is 3.15. The molecule has 0 heterocycles. The van der Waals surface area contributed by atoms with Gasteiger partial charge in [-0.3, -0.25) is 4.79 Å². The molecular formula is C7H10F2O2.